The van der Waals surface area contributed by atoms with Gasteiger partial charge < -0.3 is 14.2 Å². The maximum Gasteiger partial charge on any atom is 0.410 e. The van der Waals surface area contributed by atoms with Crippen LogP contribution in [-0.4, -0.2) is 65.0 Å². The maximum atomic E-state index is 13.3. The highest BCUT2D eigenvalue weighted by Gasteiger charge is 2.38. The van der Waals surface area contributed by atoms with Crippen molar-refractivity contribution in [3.05, 3.63) is 48.5 Å². The highest BCUT2D eigenvalue weighted by atomic mass is 32.2. The predicted molar refractivity (Wildman–Crippen MR) is 125 cm³/mol. The lowest BCUT2D eigenvalue weighted by molar-refractivity contribution is 0.118. The number of benzene rings is 1. The molecule has 0 N–H and O–H groups in total. The van der Waals surface area contributed by atoms with Gasteiger partial charge in [-0.15, -0.1) is 0 Å². The Bertz CT molecular complexity index is 1000. The van der Waals surface area contributed by atoms with E-state index in [0.717, 1.165) is 31.2 Å². The van der Waals surface area contributed by atoms with Crippen LogP contribution in [0.1, 0.15) is 57.4 Å². The first-order chi connectivity index (χ1) is 16.0. The van der Waals surface area contributed by atoms with Crippen molar-refractivity contribution in [2.75, 3.05) is 19.6 Å². The molecule has 1 aliphatic heterocycles. The SMILES string of the molecule is CCN(C[C@@H]1CN(C2CCCCCCC2)C(=O)O1)S(=O)(=O)c1ccc(Cn2ccnc2)cc1. The molecule has 1 aromatic heterocycles. The molecule has 33 heavy (non-hydrogen) atoms. The van der Waals surface area contributed by atoms with Crippen LogP contribution in [0.15, 0.2) is 47.9 Å². The molecule has 2 aromatic rings. The third kappa shape index (κ3) is 5.76. The van der Waals surface area contributed by atoms with E-state index in [1.807, 2.05) is 34.7 Å². The van der Waals surface area contributed by atoms with Gasteiger partial charge in [-0.05, 0) is 30.5 Å². The first-order valence-corrected chi connectivity index (χ1v) is 13.4. The van der Waals surface area contributed by atoms with Gasteiger partial charge >= 0.3 is 6.09 Å². The van der Waals surface area contributed by atoms with E-state index in [4.69, 9.17) is 4.74 Å². The average molecular weight is 475 g/mol. The van der Waals surface area contributed by atoms with Gasteiger partial charge in [-0.3, -0.25) is 0 Å². The minimum absolute atomic E-state index is 0.171. The number of hydrogen-bond acceptors (Lipinski definition) is 5. The quantitative estimate of drug-likeness (QED) is 0.580. The van der Waals surface area contributed by atoms with E-state index in [-0.39, 0.29) is 23.6 Å². The van der Waals surface area contributed by atoms with Crippen molar-refractivity contribution in [3.8, 4) is 0 Å². The van der Waals surface area contributed by atoms with Crippen molar-refractivity contribution >= 4 is 16.1 Å². The molecule has 2 aliphatic rings. The minimum atomic E-state index is -3.68. The van der Waals surface area contributed by atoms with E-state index in [0.29, 0.717) is 19.6 Å². The highest BCUT2D eigenvalue weighted by Crippen LogP contribution is 2.26. The number of amides is 1. The van der Waals surface area contributed by atoms with Crippen molar-refractivity contribution in [2.45, 2.75) is 75.5 Å². The fraction of sp³-hybridized carbons (Fsp3) is 0.583. The van der Waals surface area contributed by atoms with E-state index < -0.39 is 16.1 Å². The lowest BCUT2D eigenvalue weighted by Crippen LogP contribution is -2.40. The zero-order chi connectivity index (χ0) is 23.3. The topological polar surface area (TPSA) is 84.7 Å². The number of carbonyl (C=O) groups is 1. The van der Waals surface area contributed by atoms with E-state index in [2.05, 4.69) is 4.98 Å². The van der Waals surface area contributed by atoms with Crippen LogP contribution in [0.4, 0.5) is 4.79 Å². The highest BCUT2D eigenvalue weighted by molar-refractivity contribution is 7.89. The minimum Gasteiger partial charge on any atom is -0.443 e. The first kappa shape index (κ1) is 23.8. The third-order valence-corrected chi connectivity index (χ3v) is 8.62. The fourth-order valence-corrected chi connectivity index (χ4v) is 6.29. The molecule has 0 spiro atoms. The summed E-state index contributed by atoms with van der Waals surface area (Å²) in [7, 11) is -3.68. The number of carbonyl (C=O) groups excluding carboxylic acids is 1. The average Bonchev–Trinajstić information content (AvgIpc) is 3.42. The van der Waals surface area contributed by atoms with Crippen molar-refractivity contribution in [3.63, 3.8) is 0 Å². The van der Waals surface area contributed by atoms with Gasteiger partial charge in [0.15, 0.2) is 0 Å². The van der Waals surface area contributed by atoms with Gasteiger partial charge in [0.1, 0.15) is 6.10 Å². The molecule has 180 valence electrons. The second-order valence-corrected chi connectivity index (χ2v) is 10.9. The molecule has 0 bridgehead atoms. The molecule has 1 atom stereocenters. The van der Waals surface area contributed by atoms with Crippen LogP contribution in [0.2, 0.25) is 0 Å². The second-order valence-electron chi connectivity index (χ2n) is 8.99. The Morgan fingerprint density at radius 2 is 1.79 bits per heavy atom. The van der Waals surface area contributed by atoms with Gasteiger partial charge in [0.05, 0.1) is 24.3 Å². The zero-order valence-electron chi connectivity index (χ0n) is 19.3. The Kier molecular flexibility index (Phi) is 7.70. The molecule has 1 saturated carbocycles. The number of rotatable bonds is 8. The van der Waals surface area contributed by atoms with Crippen LogP contribution in [0.3, 0.4) is 0 Å². The fourth-order valence-electron chi connectivity index (χ4n) is 4.81. The molecular weight excluding hydrogens is 440 g/mol. The van der Waals surface area contributed by atoms with Crippen LogP contribution in [-0.2, 0) is 21.3 Å². The predicted octanol–water partition coefficient (Wildman–Crippen LogP) is 3.88. The van der Waals surface area contributed by atoms with Crippen LogP contribution < -0.4 is 0 Å². The van der Waals surface area contributed by atoms with Crippen LogP contribution >= 0.6 is 0 Å². The van der Waals surface area contributed by atoms with E-state index in [1.165, 1.54) is 23.6 Å². The van der Waals surface area contributed by atoms with Gasteiger partial charge in [-0.1, -0.05) is 51.2 Å². The zero-order valence-corrected chi connectivity index (χ0v) is 20.1. The van der Waals surface area contributed by atoms with Gasteiger partial charge in [0.2, 0.25) is 10.0 Å². The van der Waals surface area contributed by atoms with Crippen LogP contribution in [0.25, 0.3) is 0 Å². The number of aromatic nitrogens is 2. The van der Waals surface area contributed by atoms with Crippen molar-refractivity contribution < 1.29 is 17.9 Å². The first-order valence-electron chi connectivity index (χ1n) is 12.0. The summed E-state index contributed by atoms with van der Waals surface area (Å²) in [5, 5.41) is 0. The summed E-state index contributed by atoms with van der Waals surface area (Å²) in [5.41, 5.74) is 0.995. The molecule has 8 nitrogen and oxygen atoms in total. The summed E-state index contributed by atoms with van der Waals surface area (Å²) in [6.07, 6.45) is 12.5. The molecule has 2 fully saturated rings. The third-order valence-electron chi connectivity index (χ3n) is 6.66. The van der Waals surface area contributed by atoms with Gasteiger partial charge in [-0.25, -0.2) is 18.2 Å². The molecule has 1 amide bonds. The van der Waals surface area contributed by atoms with Crippen LogP contribution in [0, 0.1) is 0 Å². The number of sulfonamides is 1. The number of imidazole rings is 1. The molecular formula is C24H34N4O4S. The smallest absolute Gasteiger partial charge is 0.410 e. The summed E-state index contributed by atoms with van der Waals surface area (Å²) in [4.78, 5) is 18.7. The number of likely N-dealkylation sites (N-methyl/N-ethyl adjacent to an activating group) is 1. The summed E-state index contributed by atoms with van der Waals surface area (Å²) in [5.74, 6) is 0. The van der Waals surface area contributed by atoms with Crippen molar-refractivity contribution in [2.24, 2.45) is 0 Å². The monoisotopic (exact) mass is 474 g/mol. The van der Waals surface area contributed by atoms with E-state index >= 15 is 0 Å². The molecule has 0 unspecified atom stereocenters. The van der Waals surface area contributed by atoms with E-state index in [9.17, 15) is 13.2 Å². The molecule has 0 radical (unpaired) electrons. The largest absolute Gasteiger partial charge is 0.443 e. The van der Waals surface area contributed by atoms with Crippen molar-refractivity contribution in [1.29, 1.82) is 0 Å². The van der Waals surface area contributed by atoms with Gasteiger partial charge in [0.25, 0.3) is 0 Å². The summed E-state index contributed by atoms with van der Waals surface area (Å²) in [6, 6.07) is 7.15. The number of hydrogen-bond donors (Lipinski definition) is 0. The van der Waals surface area contributed by atoms with Gasteiger partial charge in [-0.2, -0.15) is 4.31 Å². The molecule has 4 rings (SSSR count). The normalized spacial score (nSPS) is 20.6. The molecule has 1 aliphatic carbocycles. The summed E-state index contributed by atoms with van der Waals surface area (Å²) < 4.78 is 35.5. The number of cyclic esters (lactones) is 1. The molecule has 1 aromatic carbocycles. The molecule has 9 heteroatoms. The Morgan fingerprint density at radius 1 is 1.09 bits per heavy atom. The van der Waals surface area contributed by atoms with Crippen LogP contribution in [0.5, 0.6) is 0 Å². The molecule has 1 saturated heterocycles. The summed E-state index contributed by atoms with van der Waals surface area (Å²) in [6.45, 7) is 3.39. The number of ether oxygens (including phenoxy) is 1. The van der Waals surface area contributed by atoms with E-state index in [1.54, 1.807) is 24.7 Å². The van der Waals surface area contributed by atoms with Crippen molar-refractivity contribution in [1.82, 2.24) is 18.8 Å². The standard InChI is InChI=1S/C24H34N4O4S/c1-2-27(17-22-18-28(24(29)32-22)21-8-6-4-3-5-7-9-21)33(30,31)23-12-10-20(11-13-23)16-26-15-14-25-19-26/h10-15,19,21-22H,2-9,16-18H2,1H3/t22-/m1/s1. The lowest BCUT2D eigenvalue weighted by atomic mass is 9.96. The Labute approximate surface area is 196 Å². The Morgan fingerprint density at radius 3 is 2.42 bits per heavy atom. The Hall–Kier alpha value is -2.39. The molecule has 2 heterocycles. The Balaban J connectivity index is 1.39. The van der Waals surface area contributed by atoms with Gasteiger partial charge in [0, 0.05) is 31.5 Å². The lowest BCUT2D eigenvalue weighted by Gasteiger charge is -2.27. The summed E-state index contributed by atoms with van der Waals surface area (Å²) >= 11 is 0. The second kappa shape index (κ2) is 10.7. The maximum absolute atomic E-state index is 13.3. The number of nitrogens with zero attached hydrogens (tertiary/aromatic N) is 4.